The molecule has 0 aliphatic rings. The van der Waals surface area contributed by atoms with E-state index in [-0.39, 0.29) is 5.84 Å². The molecule has 88 valence electrons. The van der Waals surface area contributed by atoms with Crippen molar-refractivity contribution in [2.75, 3.05) is 6.54 Å². The Morgan fingerprint density at radius 1 is 1.50 bits per heavy atom. The zero-order valence-electron chi connectivity index (χ0n) is 9.98. The summed E-state index contributed by atoms with van der Waals surface area (Å²) in [6.07, 6.45) is 4.23. The maximum absolute atomic E-state index is 7.31. The predicted octanol–water partition coefficient (Wildman–Crippen LogP) is 1.62. The van der Waals surface area contributed by atoms with Gasteiger partial charge in [0.1, 0.15) is 0 Å². The highest BCUT2D eigenvalue weighted by Gasteiger charge is 2.13. The van der Waals surface area contributed by atoms with E-state index in [2.05, 4.69) is 23.7 Å². The number of pyridine rings is 1. The molecule has 0 spiro atoms. The van der Waals surface area contributed by atoms with E-state index in [9.17, 15) is 0 Å². The van der Waals surface area contributed by atoms with Crippen molar-refractivity contribution >= 4 is 5.84 Å². The number of nitrogens with two attached hydrogens (primary N) is 1. The molecule has 0 fully saturated rings. The van der Waals surface area contributed by atoms with Crippen molar-refractivity contribution in [2.24, 2.45) is 5.73 Å². The fourth-order valence-corrected chi connectivity index (χ4v) is 1.75. The third-order valence-corrected chi connectivity index (χ3v) is 2.68. The number of nitrogens with zero attached hydrogens (tertiary/aromatic N) is 2. The van der Waals surface area contributed by atoms with Gasteiger partial charge >= 0.3 is 0 Å². The van der Waals surface area contributed by atoms with Crippen LogP contribution in [0.1, 0.15) is 25.8 Å². The molecule has 0 radical (unpaired) electrons. The Bertz CT molecular complexity index is 323. The quantitative estimate of drug-likeness (QED) is 0.565. The second-order valence-electron chi connectivity index (χ2n) is 4.00. The number of amidine groups is 1. The first-order valence-corrected chi connectivity index (χ1v) is 5.59. The minimum absolute atomic E-state index is 0.251. The number of nitrogens with one attached hydrogen (secondary N) is 1. The van der Waals surface area contributed by atoms with Crippen LogP contribution in [-0.4, -0.2) is 28.3 Å². The van der Waals surface area contributed by atoms with Gasteiger partial charge in [0.05, 0.1) is 5.84 Å². The molecular weight excluding hydrogens is 200 g/mol. The molecule has 4 heteroatoms. The molecule has 0 aliphatic carbocycles. The lowest BCUT2D eigenvalue weighted by Crippen LogP contribution is -2.35. The molecule has 0 aliphatic heterocycles. The number of rotatable bonds is 6. The summed E-state index contributed by atoms with van der Waals surface area (Å²) in [4.78, 5) is 6.30. The van der Waals surface area contributed by atoms with Gasteiger partial charge < -0.3 is 5.73 Å². The predicted molar refractivity (Wildman–Crippen MR) is 66.3 cm³/mol. The molecule has 0 saturated heterocycles. The van der Waals surface area contributed by atoms with Crippen molar-refractivity contribution in [1.82, 2.24) is 9.88 Å². The van der Waals surface area contributed by atoms with Gasteiger partial charge in [-0.1, -0.05) is 6.92 Å². The summed E-state index contributed by atoms with van der Waals surface area (Å²) in [5.74, 6) is 0.251. The summed E-state index contributed by atoms with van der Waals surface area (Å²) in [7, 11) is 0. The first kappa shape index (κ1) is 12.6. The fraction of sp³-hybridized carbons (Fsp3) is 0.500. The van der Waals surface area contributed by atoms with E-state index in [0.717, 1.165) is 13.1 Å². The van der Waals surface area contributed by atoms with Crippen LogP contribution in [0.4, 0.5) is 0 Å². The molecule has 4 nitrogen and oxygen atoms in total. The Hall–Kier alpha value is -1.42. The number of hydrogen-bond donors (Lipinski definition) is 2. The Balaban J connectivity index is 2.58. The lowest BCUT2D eigenvalue weighted by atomic mass is 10.1. The summed E-state index contributed by atoms with van der Waals surface area (Å²) >= 11 is 0. The standard InChI is InChI=1S/C12H20N4/c1-3-16(10(2)8-12(13)14)9-11-4-6-15-7-5-11/h4-7,10H,3,8-9H2,1-2H3,(H3,13,14). The molecule has 0 bridgehead atoms. The van der Waals surface area contributed by atoms with Crippen LogP contribution >= 0.6 is 0 Å². The normalized spacial score (nSPS) is 12.7. The van der Waals surface area contributed by atoms with Crippen LogP contribution in [0, 0.1) is 5.41 Å². The minimum Gasteiger partial charge on any atom is -0.388 e. The van der Waals surface area contributed by atoms with Crippen molar-refractivity contribution < 1.29 is 0 Å². The zero-order chi connectivity index (χ0) is 12.0. The van der Waals surface area contributed by atoms with Crippen molar-refractivity contribution in [2.45, 2.75) is 32.9 Å². The maximum atomic E-state index is 7.31. The summed E-state index contributed by atoms with van der Waals surface area (Å²) in [6, 6.07) is 4.34. The van der Waals surface area contributed by atoms with Crippen LogP contribution in [0.3, 0.4) is 0 Å². The van der Waals surface area contributed by atoms with Gasteiger partial charge in [0.25, 0.3) is 0 Å². The second-order valence-corrected chi connectivity index (χ2v) is 4.00. The summed E-state index contributed by atoms with van der Waals surface area (Å²) in [5, 5.41) is 7.31. The average molecular weight is 220 g/mol. The van der Waals surface area contributed by atoms with Gasteiger partial charge in [0.15, 0.2) is 0 Å². The molecule has 1 unspecified atom stereocenters. The van der Waals surface area contributed by atoms with E-state index >= 15 is 0 Å². The van der Waals surface area contributed by atoms with Gasteiger partial charge in [-0.05, 0) is 31.2 Å². The smallest absolute Gasteiger partial charge is 0.0920 e. The van der Waals surface area contributed by atoms with Crippen LogP contribution in [0.2, 0.25) is 0 Å². The van der Waals surface area contributed by atoms with Crippen molar-refractivity contribution in [1.29, 1.82) is 5.41 Å². The van der Waals surface area contributed by atoms with E-state index in [4.69, 9.17) is 11.1 Å². The Morgan fingerprint density at radius 3 is 2.62 bits per heavy atom. The monoisotopic (exact) mass is 220 g/mol. The highest BCUT2D eigenvalue weighted by molar-refractivity contribution is 5.77. The molecule has 1 atom stereocenters. The minimum atomic E-state index is 0.251. The Morgan fingerprint density at radius 2 is 2.12 bits per heavy atom. The SMILES string of the molecule is CCN(Cc1ccncc1)C(C)CC(=N)N. The lowest BCUT2D eigenvalue weighted by Gasteiger charge is -2.27. The molecule has 0 aromatic carbocycles. The molecule has 3 N–H and O–H groups in total. The van der Waals surface area contributed by atoms with Crippen molar-refractivity contribution in [3.63, 3.8) is 0 Å². The topological polar surface area (TPSA) is 66.0 Å². The molecule has 1 aromatic rings. The molecule has 1 aromatic heterocycles. The van der Waals surface area contributed by atoms with Gasteiger partial charge in [-0.25, -0.2) is 0 Å². The maximum Gasteiger partial charge on any atom is 0.0920 e. The summed E-state index contributed by atoms with van der Waals surface area (Å²) in [6.45, 7) is 6.06. The van der Waals surface area contributed by atoms with Crippen molar-refractivity contribution in [3.8, 4) is 0 Å². The molecule has 1 rings (SSSR count). The van der Waals surface area contributed by atoms with E-state index in [1.807, 2.05) is 12.1 Å². The number of hydrogen-bond acceptors (Lipinski definition) is 3. The van der Waals surface area contributed by atoms with Gasteiger partial charge in [-0.2, -0.15) is 0 Å². The van der Waals surface area contributed by atoms with E-state index < -0.39 is 0 Å². The van der Waals surface area contributed by atoms with Gasteiger partial charge in [-0.3, -0.25) is 15.3 Å². The highest BCUT2D eigenvalue weighted by atomic mass is 15.1. The van der Waals surface area contributed by atoms with Crippen LogP contribution in [-0.2, 0) is 6.54 Å². The molecule has 0 saturated carbocycles. The van der Waals surface area contributed by atoms with E-state index in [1.54, 1.807) is 12.4 Å². The first-order valence-electron chi connectivity index (χ1n) is 5.59. The third-order valence-electron chi connectivity index (χ3n) is 2.68. The molecule has 0 amide bonds. The summed E-state index contributed by atoms with van der Waals surface area (Å²) < 4.78 is 0. The Kier molecular flexibility index (Phi) is 4.92. The highest BCUT2D eigenvalue weighted by Crippen LogP contribution is 2.09. The number of aromatic nitrogens is 1. The first-order chi connectivity index (χ1) is 7.63. The van der Waals surface area contributed by atoms with Gasteiger partial charge in [0, 0.05) is 31.4 Å². The van der Waals surface area contributed by atoms with Crippen LogP contribution in [0.25, 0.3) is 0 Å². The fourth-order valence-electron chi connectivity index (χ4n) is 1.75. The lowest BCUT2D eigenvalue weighted by molar-refractivity contribution is 0.215. The van der Waals surface area contributed by atoms with Crippen LogP contribution in [0.15, 0.2) is 24.5 Å². The largest absolute Gasteiger partial charge is 0.388 e. The summed E-state index contributed by atoms with van der Waals surface area (Å²) in [5.41, 5.74) is 6.67. The van der Waals surface area contributed by atoms with Gasteiger partial charge in [0.2, 0.25) is 0 Å². The Labute approximate surface area is 97.0 Å². The third kappa shape index (κ3) is 3.98. The van der Waals surface area contributed by atoms with E-state index in [0.29, 0.717) is 12.5 Å². The van der Waals surface area contributed by atoms with Crippen LogP contribution < -0.4 is 5.73 Å². The van der Waals surface area contributed by atoms with Gasteiger partial charge in [-0.15, -0.1) is 0 Å². The molecular formula is C12H20N4. The molecule has 1 heterocycles. The van der Waals surface area contributed by atoms with E-state index in [1.165, 1.54) is 5.56 Å². The zero-order valence-corrected chi connectivity index (χ0v) is 9.98. The molecule has 16 heavy (non-hydrogen) atoms. The average Bonchev–Trinajstić information content (AvgIpc) is 2.26. The second kappa shape index (κ2) is 6.23. The van der Waals surface area contributed by atoms with Crippen molar-refractivity contribution in [3.05, 3.63) is 30.1 Å². The van der Waals surface area contributed by atoms with Crippen LogP contribution in [0.5, 0.6) is 0 Å².